The molecule has 2 aliphatic heterocycles. The standard InChI is InChI=1S/C19H24F3NO2S/c20-19(21,22)16-5-1-14(2-6-16)15-3-7-17(8-4-15)23-10-9-18(11-23)12-26(24,25)13-18/h1-2,5-6,15,17H,3-4,7-13H2/t15-,17+. The molecule has 144 valence electrons. The number of rotatable bonds is 2. The Morgan fingerprint density at radius 2 is 1.62 bits per heavy atom. The van der Waals surface area contributed by atoms with Crippen LogP contribution in [0.15, 0.2) is 24.3 Å². The predicted molar refractivity (Wildman–Crippen MR) is 93.7 cm³/mol. The Morgan fingerprint density at radius 1 is 1.00 bits per heavy atom. The largest absolute Gasteiger partial charge is 0.416 e. The van der Waals surface area contributed by atoms with Crippen LogP contribution < -0.4 is 0 Å². The average Bonchev–Trinajstić information content (AvgIpc) is 2.98. The lowest BCUT2D eigenvalue weighted by Gasteiger charge is -2.40. The Labute approximate surface area is 152 Å². The lowest BCUT2D eigenvalue weighted by Crippen LogP contribution is -2.51. The van der Waals surface area contributed by atoms with E-state index in [2.05, 4.69) is 4.90 Å². The molecule has 1 aromatic rings. The first-order valence-corrected chi connectivity index (χ1v) is 11.1. The Balaban J connectivity index is 1.32. The van der Waals surface area contributed by atoms with Gasteiger partial charge in [0, 0.05) is 18.0 Å². The van der Waals surface area contributed by atoms with Crippen LogP contribution in [0.5, 0.6) is 0 Å². The van der Waals surface area contributed by atoms with E-state index in [1.807, 2.05) is 0 Å². The Hall–Kier alpha value is -1.08. The Bertz CT molecular complexity index is 753. The molecule has 0 N–H and O–H groups in total. The third-order valence-electron chi connectivity index (χ3n) is 6.44. The van der Waals surface area contributed by atoms with Gasteiger partial charge in [0.2, 0.25) is 0 Å². The van der Waals surface area contributed by atoms with Crippen LogP contribution in [0.1, 0.15) is 49.1 Å². The fraction of sp³-hybridized carbons (Fsp3) is 0.684. The number of likely N-dealkylation sites (tertiary alicyclic amines) is 1. The lowest BCUT2D eigenvalue weighted by atomic mass is 9.81. The number of hydrogen-bond donors (Lipinski definition) is 0. The molecule has 3 fully saturated rings. The molecule has 2 saturated heterocycles. The van der Waals surface area contributed by atoms with Crippen LogP contribution in [0.25, 0.3) is 0 Å². The highest BCUT2D eigenvalue weighted by atomic mass is 32.2. The summed E-state index contributed by atoms with van der Waals surface area (Å²) in [5, 5.41) is 0. The summed E-state index contributed by atoms with van der Waals surface area (Å²) in [5.41, 5.74) is 0.413. The van der Waals surface area contributed by atoms with Crippen molar-refractivity contribution in [2.24, 2.45) is 5.41 Å². The van der Waals surface area contributed by atoms with Crippen LogP contribution >= 0.6 is 0 Å². The molecule has 7 heteroatoms. The van der Waals surface area contributed by atoms with Crippen molar-refractivity contribution >= 4 is 9.84 Å². The van der Waals surface area contributed by atoms with E-state index in [0.717, 1.165) is 50.8 Å². The Kier molecular flexibility index (Phi) is 4.38. The molecule has 0 bridgehead atoms. The summed E-state index contributed by atoms with van der Waals surface area (Å²) in [7, 11) is -2.79. The van der Waals surface area contributed by atoms with Gasteiger partial charge in [0.25, 0.3) is 0 Å². The second-order valence-electron chi connectivity index (χ2n) is 8.38. The van der Waals surface area contributed by atoms with Gasteiger partial charge in [-0.05, 0) is 62.3 Å². The molecule has 0 atom stereocenters. The zero-order chi connectivity index (χ0) is 18.6. The fourth-order valence-electron chi connectivity index (χ4n) is 5.13. The number of benzene rings is 1. The van der Waals surface area contributed by atoms with Crippen molar-refractivity contribution in [3.05, 3.63) is 35.4 Å². The van der Waals surface area contributed by atoms with Gasteiger partial charge in [-0.15, -0.1) is 0 Å². The first-order chi connectivity index (χ1) is 12.2. The van der Waals surface area contributed by atoms with Crippen LogP contribution in [0.2, 0.25) is 0 Å². The number of nitrogens with zero attached hydrogens (tertiary/aromatic N) is 1. The SMILES string of the molecule is O=S1(=O)CC2(CCN([C@H]3CC[C@@H](c4ccc(C(F)(F)F)cc4)CC3)C2)C1. The van der Waals surface area contributed by atoms with Crippen LogP contribution in [0, 0.1) is 5.41 Å². The minimum Gasteiger partial charge on any atom is -0.300 e. The maximum atomic E-state index is 12.7. The minimum atomic E-state index is -4.28. The van der Waals surface area contributed by atoms with Crippen LogP contribution in [0.3, 0.4) is 0 Å². The molecule has 3 nitrogen and oxygen atoms in total. The number of halogens is 3. The van der Waals surface area contributed by atoms with Gasteiger partial charge in [-0.1, -0.05) is 12.1 Å². The second-order valence-corrected chi connectivity index (χ2v) is 10.4. The van der Waals surface area contributed by atoms with Gasteiger partial charge in [-0.25, -0.2) is 8.42 Å². The zero-order valence-electron chi connectivity index (χ0n) is 14.6. The molecule has 2 heterocycles. The zero-order valence-corrected chi connectivity index (χ0v) is 15.5. The van der Waals surface area contributed by atoms with E-state index in [1.165, 1.54) is 12.1 Å². The fourth-order valence-corrected chi connectivity index (χ4v) is 7.38. The monoisotopic (exact) mass is 387 g/mol. The van der Waals surface area contributed by atoms with Crippen LogP contribution in [-0.4, -0.2) is 44.0 Å². The lowest BCUT2D eigenvalue weighted by molar-refractivity contribution is -0.137. The highest BCUT2D eigenvalue weighted by molar-refractivity contribution is 7.92. The van der Waals surface area contributed by atoms with Crippen molar-refractivity contribution in [1.82, 2.24) is 4.90 Å². The summed E-state index contributed by atoms with van der Waals surface area (Å²) in [6.07, 6.45) is 0.737. The molecular formula is C19H24F3NO2S. The molecular weight excluding hydrogens is 363 g/mol. The minimum absolute atomic E-state index is 0.00308. The van der Waals surface area contributed by atoms with Gasteiger partial charge in [0.15, 0.2) is 9.84 Å². The molecule has 0 amide bonds. The normalized spacial score (nSPS) is 31.0. The van der Waals surface area contributed by atoms with E-state index >= 15 is 0 Å². The van der Waals surface area contributed by atoms with Crippen molar-refractivity contribution in [2.75, 3.05) is 24.6 Å². The third kappa shape index (κ3) is 3.52. The average molecular weight is 387 g/mol. The summed E-state index contributed by atoms with van der Waals surface area (Å²) in [5.74, 6) is 1.02. The Morgan fingerprint density at radius 3 is 2.15 bits per heavy atom. The third-order valence-corrected chi connectivity index (χ3v) is 8.55. The summed E-state index contributed by atoms with van der Waals surface area (Å²) in [4.78, 5) is 2.46. The maximum absolute atomic E-state index is 12.7. The van der Waals surface area contributed by atoms with E-state index in [-0.39, 0.29) is 5.41 Å². The van der Waals surface area contributed by atoms with Crippen molar-refractivity contribution in [3.8, 4) is 0 Å². The highest BCUT2D eigenvalue weighted by Gasteiger charge is 2.52. The molecule has 0 unspecified atom stereocenters. The first-order valence-electron chi connectivity index (χ1n) is 9.28. The molecule has 1 aliphatic carbocycles. The van der Waals surface area contributed by atoms with Crippen molar-refractivity contribution < 1.29 is 21.6 Å². The highest BCUT2D eigenvalue weighted by Crippen LogP contribution is 2.44. The maximum Gasteiger partial charge on any atom is 0.416 e. The molecule has 1 spiro atoms. The smallest absolute Gasteiger partial charge is 0.300 e. The van der Waals surface area contributed by atoms with Crippen LogP contribution in [0.4, 0.5) is 13.2 Å². The van der Waals surface area contributed by atoms with E-state index in [0.29, 0.717) is 23.5 Å². The van der Waals surface area contributed by atoms with Gasteiger partial charge in [0.05, 0.1) is 17.1 Å². The van der Waals surface area contributed by atoms with Gasteiger partial charge in [-0.3, -0.25) is 4.90 Å². The van der Waals surface area contributed by atoms with Crippen LogP contribution in [-0.2, 0) is 16.0 Å². The number of alkyl halides is 3. The summed E-state index contributed by atoms with van der Waals surface area (Å²) in [6.45, 7) is 1.87. The van der Waals surface area contributed by atoms with E-state index in [1.54, 1.807) is 12.1 Å². The van der Waals surface area contributed by atoms with Crippen molar-refractivity contribution in [1.29, 1.82) is 0 Å². The van der Waals surface area contributed by atoms with Crippen molar-refractivity contribution in [2.45, 2.75) is 50.2 Å². The summed E-state index contributed by atoms with van der Waals surface area (Å²) in [6, 6.07) is 6.10. The number of hydrogen-bond acceptors (Lipinski definition) is 3. The summed E-state index contributed by atoms with van der Waals surface area (Å²) >= 11 is 0. The predicted octanol–water partition coefficient (Wildman–Crippen LogP) is 3.85. The molecule has 0 radical (unpaired) electrons. The number of sulfone groups is 1. The van der Waals surface area contributed by atoms with Gasteiger partial charge < -0.3 is 0 Å². The second kappa shape index (κ2) is 6.23. The van der Waals surface area contributed by atoms with Gasteiger partial charge in [-0.2, -0.15) is 13.2 Å². The van der Waals surface area contributed by atoms with Gasteiger partial charge in [0.1, 0.15) is 0 Å². The van der Waals surface area contributed by atoms with Crippen molar-refractivity contribution in [3.63, 3.8) is 0 Å². The summed E-state index contributed by atoms with van der Waals surface area (Å²) < 4.78 is 61.1. The molecule has 3 aliphatic rings. The molecule has 1 aromatic carbocycles. The van der Waals surface area contributed by atoms with Gasteiger partial charge >= 0.3 is 6.18 Å². The van der Waals surface area contributed by atoms with E-state index < -0.39 is 21.6 Å². The quantitative estimate of drug-likeness (QED) is 0.774. The topological polar surface area (TPSA) is 37.4 Å². The first kappa shape index (κ1) is 18.3. The molecule has 26 heavy (non-hydrogen) atoms. The molecule has 0 aromatic heterocycles. The molecule has 4 rings (SSSR count). The molecule has 1 saturated carbocycles. The van der Waals surface area contributed by atoms with E-state index in [4.69, 9.17) is 0 Å². The van der Waals surface area contributed by atoms with E-state index in [9.17, 15) is 21.6 Å².